The highest BCUT2D eigenvalue weighted by Crippen LogP contribution is 2.18. The Labute approximate surface area is 108 Å². The van der Waals surface area contributed by atoms with Crippen molar-refractivity contribution < 1.29 is 0 Å². The SMILES string of the molecule is CCCCCNCCN1CCCCCC1CC. The van der Waals surface area contributed by atoms with Gasteiger partial charge in [-0.25, -0.2) is 0 Å². The van der Waals surface area contributed by atoms with Gasteiger partial charge in [0.2, 0.25) is 0 Å². The summed E-state index contributed by atoms with van der Waals surface area (Å²) in [5, 5.41) is 3.59. The second kappa shape index (κ2) is 9.90. The molecule has 2 nitrogen and oxygen atoms in total. The van der Waals surface area contributed by atoms with Crippen LogP contribution >= 0.6 is 0 Å². The van der Waals surface area contributed by atoms with Crippen molar-refractivity contribution in [1.29, 1.82) is 0 Å². The number of hydrogen-bond donors (Lipinski definition) is 1. The van der Waals surface area contributed by atoms with Crippen molar-refractivity contribution >= 4 is 0 Å². The van der Waals surface area contributed by atoms with Crippen molar-refractivity contribution in [2.75, 3.05) is 26.2 Å². The summed E-state index contributed by atoms with van der Waals surface area (Å²) in [4.78, 5) is 2.72. The molecule has 0 aromatic carbocycles. The number of nitrogens with one attached hydrogen (secondary N) is 1. The van der Waals surface area contributed by atoms with E-state index in [1.165, 1.54) is 77.5 Å². The lowest BCUT2D eigenvalue weighted by molar-refractivity contribution is 0.195. The molecule has 1 rings (SSSR count). The van der Waals surface area contributed by atoms with E-state index in [-0.39, 0.29) is 0 Å². The van der Waals surface area contributed by atoms with Crippen molar-refractivity contribution in [3.8, 4) is 0 Å². The molecule has 0 spiro atoms. The fourth-order valence-corrected chi connectivity index (χ4v) is 2.84. The average molecular weight is 240 g/mol. The van der Waals surface area contributed by atoms with Gasteiger partial charge in [0, 0.05) is 19.1 Å². The Balaban J connectivity index is 2.10. The minimum absolute atomic E-state index is 0.856. The molecule has 1 heterocycles. The number of nitrogens with zero attached hydrogens (tertiary/aromatic N) is 1. The van der Waals surface area contributed by atoms with Crippen molar-refractivity contribution in [3.05, 3.63) is 0 Å². The van der Waals surface area contributed by atoms with Crippen LogP contribution in [0.3, 0.4) is 0 Å². The lowest BCUT2D eigenvalue weighted by Crippen LogP contribution is -2.39. The van der Waals surface area contributed by atoms with E-state index in [4.69, 9.17) is 0 Å². The Morgan fingerprint density at radius 1 is 1.06 bits per heavy atom. The fourth-order valence-electron chi connectivity index (χ4n) is 2.84. The molecular formula is C15H32N2. The molecule has 17 heavy (non-hydrogen) atoms. The number of unbranched alkanes of at least 4 members (excludes halogenated alkanes) is 2. The predicted molar refractivity (Wildman–Crippen MR) is 76.5 cm³/mol. The normalized spacial score (nSPS) is 22.6. The lowest BCUT2D eigenvalue weighted by Gasteiger charge is -2.29. The molecule has 0 radical (unpaired) electrons. The molecule has 1 N–H and O–H groups in total. The zero-order valence-electron chi connectivity index (χ0n) is 12.0. The van der Waals surface area contributed by atoms with Crippen LogP contribution in [0, 0.1) is 0 Å². The maximum atomic E-state index is 3.59. The van der Waals surface area contributed by atoms with Gasteiger partial charge < -0.3 is 5.32 Å². The van der Waals surface area contributed by atoms with Gasteiger partial charge >= 0.3 is 0 Å². The van der Waals surface area contributed by atoms with Crippen LogP contribution in [0.5, 0.6) is 0 Å². The molecule has 0 aromatic rings. The van der Waals surface area contributed by atoms with Gasteiger partial charge in [0.1, 0.15) is 0 Å². The third-order valence-corrected chi connectivity index (χ3v) is 4.00. The van der Waals surface area contributed by atoms with Gasteiger partial charge in [0.15, 0.2) is 0 Å². The van der Waals surface area contributed by atoms with Gasteiger partial charge in [-0.05, 0) is 38.8 Å². The molecule has 1 unspecified atom stereocenters. The summed E-state index contributed by atoms with van der Waals surface area (Å²) >= 11 is 0. The van der Waals surface area contributed by atoms with Gasteiger partial charge in [-0.15, -0.1) is 0 Å². The van der Waals surface area contributed by atoms with Gasteiger partial charge in [0.25, 0.3) is 0 Å². The summed E-state index contributed by atoms with van der Waals surface area (Å²) in [6.45, 7) is 9.58. The zero-order chi connectivity index (χ0) is 12.3. The van der Waals surface area contributed by atoms with Gasteiger partial charge in [0.05, 0.1) is 0 Å². The zero-order valence-corrected chi connectivity index (χ0v) is 12.0. The van der Waals surface area contributed by atoms with Gasteiger partial charge in [-0.3, -0.25) is 4.90 Å². The highest BCUT2D eigenvalue weighted by Gasteiger charge is 2.18. The molecule has 102 valence electrons. The Morgan fingerprint density at radius 3 is 2.71 bits per heavy atom. The fraction of sp³-hybridized carbons (Fsp3) is 1.00. The largest absolute Gasteiger partial charge is 0.315 e. The monoisotopic (exact) mass is 240 g/mol. The molecule has 1 atom stereocenters. The van der Waals surface area contributed by atoms with Crippen LogP contribution in [-0.2, 0) is 0 Å². The van der Waals surface area contributed by atoms with Crippen LogP contribution < -0.4 is 5.32 Å². The summed E-state index contributed by atoms with van der Waals surface area (Å²) in [6, 6.07) is 0.856. The van der Waals surface area contributed by atoms with Crippen molar-refractivity contribution in [2.45, 2.75) is 71.3 Å². The lowest BCUT2D eigenvalue weighted by atomic mass is 10.1. The maximum Gasteiger partial charge on any atom is 0.0110 e. The van der Waals surface area contributed by atoms with E-state index in [0.717, 1.165) is 6.04 Å². The van der Waals surface area contributed by atoms with E-state index in [9.17, 15) is 0 Å². The van der Waals surface area contributed by atoms with E-state index in [1.807, 2.05) is 0 Å². The first-order valence-corrected chi connectivity index (χ1v) is 7.83. The second-order valence-corrected chi connectivity index (χ2v) is 5.40. The third-order valence-electron chi connectivity index (χ3n) is 4.00. The minimum Gasteiger partial charge on any atom is -0.315 e. The molecule has 0 saturated carbocycles. The third kappa shape index (κ3) is 6.42. The number of hydrogen-bond acceptors (Lipinski definition) is 2. The standard InChI is InChI=1S/C15H32N2/c1-3-5-8-11-16-12-14-17-13-9-6-7-10-15(17)4-2/h15-16H,3-14H2,1-2H3. The second-order valence-electron chi connectivity index (χ2n) is 5.40. The highest BCUT2D eigenvalue weighted by atomic mass is 15.2. The summed E-state index contributed by atoms with van der Waals surface area (Å²) in [7, 11) is 0. The molecular weight excluding hydrogens is 208 g/mol. The highest BCUT2D eigenvalue weighted by molar-refractivity contribution is 4.74. The van der Waals surface area contributed by atoms with Crippen LogP contribution in [0.25, 0.3) is 0 Å². The van der Waals surface area contributed by atoms with E-state index in [2.05, 4.69) is 24.1 Å². The van der Waals surface area contributed by atoms with Gasteiger partial charge in [-0.1, -0.05) is 39.5 Å². The van der Waals surface area contributed by atoms with E-state index in [1.54, 1.807) is 0 Å². The molecule has 0 amide bonds. The number of likely N-dealkylation sites (tertiary alicyclic amines) is 1. The van der Waals surface area contributed by atoms with E-state index < -0.39 is 0 Å². The van der Waals surface area contributed by atoms with Crippen molar-refractivity contribution in [3.63, 3.8) is 0 Å². The molecule has 2 heteroatoms. The van der Waals surface area contributed by atoms with Gasteiger partial charge in [-0.2, -0.15) is 0 Å². The Bertz CT molecular complexity index is 170. The molecule has 0 bridgehead atoms. The first-order chi connectivity index (χ1) is 8.38. The van der Waals surface area contributed by atoms with Crippen LogP contribution in [0.15, 0.2) is 0 Å². The molecule has 1 saturated heterocycles. The Kier molecular flexibility index (Phi) is 8.72. The van der Waals surface area contributed by atoms with Crippen LogP contribution in [-0.4, -0.2) is 37.1 Å². The average Bonchev–Trinajstić information content (AvgIpc) is 2.58. The predicted octanol–water partition coefficient (Wildman–Crippen LogP) is 3.42. The first-order valence-electron chi connectivity index (χ1n) is 7.83. The summed E-state index contributed by atoms with van der Waals surface area (Å²) in [5.74, 6) is 0. The van der Waals surface area contributed by atoms with Crippen LogP contribution in [0.1, 0.15) is 65.2 Å². The molecule has 1 aliphatic heterocycles. The quantitative estimate of drug-likeness (QED) is 0.654. The van der Waals surface area contributed by atoms with Crippen molar-refractivity contribution in [2.24, 2.45) is 0 Å². The topological polar surface area (TPSA) is 15.3 Å². The molecule has 1 aliphatic rings. The van der Waals surface area contributed by atoms with Crippen molar-refractivity contribution in [1.82, 2.24) is 10.2 Å². The smallest absolute Gasteiger partial charge is 0.0110 e. The maximum absolute atomic E-state index is 3.59. The van der Waals surface area contributed by atoms with E-state index in [0.29, 0.717) is 0 Å². The molecule has 1 fully saturated rings. The van der Waals surface area contributed by atoms with E-state index >= 15 is 0 Å². The summed E-state index contributed by atoms with van der Waals surface area (Å²) in [5.41, 5.74) is 0. The molecule has 0 aromatic heterocycles. The Morgan fingerprint density at radius 2 is 1.94 bits per heavy atom. The van der Waals surface area contributed by atoms with Crippen LogP contribution in [0.4, 0.5) is 0 Å². The number of rotatable bonds is 8. The summed E-state index contributed by atoms with van der Waals surface area (Å²) < 4.78 is 0. The first kappa shape index (κ1) is 15.0. The Hall–Kier alpha value is -0.0800. The minimum atomic E-state index is 0.856. The van der Waals surface area contributed by atoms with Crippen LogP contribution in [0.2, 0.25) is 0 Å². The molecule has 0 aliphatic carbocycles. The summed E-state index contributed by atoms with van der Waals surface area (Å²) in [6.07, 6.45) is 11.1.